The number of ketones is 1. The van der Waals surface area contributed by atoms with Crippen molar-refractivity contribution in [1.29, 1.82) is 0 Å². The maximum absolute atomic E-state index is 12.3. The molecule has 3 rings (SSSR count). The Kier molecular flexibility index (Phi) is 4.47. The minimum Gasteiger partial charge on any atom is -0.496 e. The van der Waals surface area contributed by atoms with Crippen LogP contribution in [0.3, 0.4) is 0 Å². The Morgan fingerprint density at radius 1 is 1.26 bits per heavy atom. The Balaban J connectivity index is 1.68. The second-order valence-electron chi connectivity index (χ2n) is 4.68. The zero-order valence-corrected chi connectivity index (χ0v) is 13.4. The molecule has 0 atom stereocenters. The molecular formula is C16H14N2O4S. The molecular weight excluding hydrogens is 316 g/mol. The van der Waals surface area contributed by atoms with Crippen molar-refractivity contribution in [2.24, 2.45) is 0 Å². The van der Waals surface area contributed by atoms with Gasteiger partial charge in [-0.3, -0.25) is 4.79 Å². The van der Waals surface area contributed by atoms with E-state index in [2.05, 4.69) is 10.2 Å². The third-order valence-electron chi connectivity index (χ3n) is 3.23. The van der Waals surface area contributed by atoms with Gasteiger partial charge in [0.2, 0.25) is 0 Å². The van der Waals surface area contributed by atoms with Gasteiger partial charge in [-0.2, -0.15) is 0 Å². The first kappa shape index (κ1) is 15.4. The van der Waals surface area contributed by atoms with E-state index in [9.17, 15) is 4.79 Å². The maximum Gasteiger partial charge on any atom is 0.277 e. The minimum absolute atomic E-state index is 0.0632. The van der Waals surface area contributed by atoms with Crippen LogP contribution in [-0.4, -0.2) is 28.8 Å². The van der Waals surface area contributed by atoms with E-state index in [1.54, 1.807) is 30.5 Å². The number of rotatable bonds is 6. The molecule has 0 aliphatic heterocycles. The van der Waals surface area contributed by atoms with Gasteiger partial charge < -0.3 is 13.6 Å². The number of aromatic nitrogens is 2. The molecule has 0 saturated carbocycles. The van der Waals surface area contributed by atoms with Crippen molar-refractivity contribution >= 4 is 17.5 Å². The first-order valence-corrected chi connectivity index (χ1v) is 7.84. The monoisotopic (exact) mass is 330 g/mol. The average molecular weight is 330 g/mol. The number of carbonyl (C=O) groups is 1. The lowest BCUT2D eigenvalue weighted by atomic mass is 10.1. The molecule has 2 aromatic heterocycles. The van der Waals surface area contributed by atoms with Crippen LogP contribution in [-0.2, 0) is 0 Å². The van der Waals surface area contributed by atoms with Crippen LogP contribution in [0.15, 0.2) is 50.7 Å². The first-order valence-electron chi connectivity index (χ1n) is 6.86. The molecule has 2 heterocycles. The predicted molar refractivity (Wildman–Crippen MR) is 84.8 cm³/mol. The van der Waals surface area contributed by atoms with Crippen LogP contribution in [0.1, 0.15) is 16.1 Å². The Hall–Kier alpha value is -2.54. The fourth-order valence-corrected chi connectivity index (χ4v) is 2.71. The smallest absolute Gasteiger partial charge is 0.277 e. The number of furan rings is 1. The van der Waals surface area contributed by atoms with Gasteiger partial charge in [0.1, 0.15) is 11.5 Å². The molecule has 3 aromatic rings. The third kappa shape index (κ3) is 3.29. The number of para-hydroxylation sites is 1. The van der Waals surface area contributed by atoms with Crippen LogP contribution in [0.2, 0.25) is 0 Å². The SMILES string of the molecule is COc1ccccc1C(=O)CSc1nnc(-c2ccoc2C)o1. The number of methoxy groups -OCH3 is 1. The fraction of sp³-hybridized carbons (Fsp3) is 0.188. The molecule has 0 saturated heterocycles. The average Bonchev–Trinajstić information content (AvgIpc) is 3.21. The van der Waals surface area contributed by atoms with Crippen molar-refractivity contribution in [3.63, 3.8) is 0 Å². The molecule has 0 unspecified atom stereocenters. The van der Waals surface area contributed by atoms with Crippen molar-refractivity contribution in [2.75, 3.05) is 12.9 Å². The van der Waals surface area contributed by atoms with E-state index >= 15 is 0 Å². The summed E-state index contributed by atoms with van der Waals surface area (Å²) in [7, 11) is 1.54. The van der Waals surface area contributed by atoms with E-state index < -0.39 is 0 Å². The molecule has 0 aliphatic carbocycles. The van der Waals surface area contributed by atoms with E-state index in [0.717, 1.165) is 5.56 Å². The Morgan fingerprint density at radius 3 is 2.83 bits per heavy atom. The maximum atomic E-state index is 12.3. The molecule has 0 aliphatic rings. The van der Waals surface area contributed by atoms with Gasteiger partial charge >= 0.3 is 0 Å². The molecule has 0 radical (unpaired) electrons. The number of hydrogen-bond donors (Lipinski definition) is 0. The lowest BCUT2D eigenvalue weighted by Gasteiger charge is -2.05. The molecule has 7 heteroatoms. The topological polar surface area (TPSA) is 78.4 Å². The zero-order valence-electron chi connectivity index (χ0n) is 12.6. The Morgan fingerprint density at radius 2 is 2.09 bits per heavy atom. The second kappa shape index (κ2) is 6.70. The highest BCUT2D eigenvalue weighted by Crippen LogP contribution is 2.27. The first-order chi connectivity index (χ1) is 11.2. The molecule has 0 fully saturated rings. The molecule has 23 heavy (non-hydrogen) atoms. The van der Waals surface area contributed by atoms with Crippen LogP contribution in [0.5, 0.6) is 5.75 Å². The molecule has 6 nitrogen and oxygen atoms in total. The summed E-state index contributed by atoms with van der Waals surface area (Å²) in [6, 6.07) is 8.87. The van der Waals surface area contributed by atoms with E-state index in [4.69, 9.17) is 13.6 Å². The molecule has 1 aromatic carbocycles. The second-order valence-corrected chi connectivity index (χ2v) is 5.60. The molecule has 118 valence electrons. The van der Waals surface area contributed by atoms with E-state index in [1.807, 2.05) is 13.0 Å². The van der Waals surface area contributed by atoms with Crippen molar-refractivity contribution in [3.05, 3.63) is 47.9 Å². The lowest BCUT2D eigenvalue weighted by Crippen LogP contribution is -2.04. The summed E-state index contributed by atoms with van der Waals surface area (Å²) in [5.41, 5.74) is 1.29. The summed E-state index contributed by atoms with van der Waals surface area (Å²) in [4.78, 5) is 12.3. The van der Waals surface area contributed by atoms with Crippen molar-refractivity contribution < 1.29 is 18.4 Å². The Bertz CT molecular complexity index is 825. The number of carbonyl (C=O) groups excluding carboxylic acids is 1. The number of aryl methyl sites for hydroxylation is 1. The highest BCUT2D eigenvalue weighted by molar-refractivity contribution is 7.99. The van der Waals surface area contributed by atoms with Crippen molar-refractivity contribution in [2.45, 2.75) is 12.1 Å². The number of thioether (sulfide) groups is 1. The minimum atomic E-state index is -0.0632. The van der Waals surface area contributed by atoms with Crippen LogP contribution in [0.4, 0.5) is 0 Å². The fourth-order valence-electron chi connectivity index (χ4n) is 2.06. The van der Waals surface area contributed by atoms with Crippen LogP contribution >= 0.6 is 11.8 Å². The van der Waals surface area contributed by atoms with Gasteiger partial charge in [0.25, 0.3) is 11.1 Å². The summed E-state index contributed by atoms with van der Waals surface area (Å²) in [6.07, 6.45) is 1.56. The predicted octanol–water partition coefficient (Wildman–Crippen LogP) is 3.62. The van der Waals surface area contributed by atoms with Crippen LogP contribution in [0, 0.1) is 6.92 Å². The van der Waals surface area contributed by atoms with Gasteiger partial charge in [-0.25, -0.2) is 0 Å². The number of benzene rings is 1. The van der Waals surface area contributed by atoms with Gasteiger partial charge in [-0.1, -0.05) is 23.9 Å². The van der Waals surface area contributed by atoms with Crippen LogP contribution < -0.4 is 4.74 Å². The van der Waals surface area contributed by atoms with Gasteiger partial charge in [-0.15, -0.1) is 10.2 Å². The highest BCUT2D eigenvalue weighted by atomic mass is 32.2. The lowest BCUT2D eigenvalue weighted by molar-refractivity contribution is 0.101. The van der Waals surface area contributed by atoms with E-state index in [1.165, 1.54) is 18.9 Å². The zero-order chi connectivity index (χ0) is 16.2. The summed E-state index contributed by atoms with van der Waals surface area (Å²) in [5, 5.41) is 8.25. The van der Waals surface area contributed by atoms with Gasteiger partial charge in [0.15, 0.2) is 5.78 Å². The van der Waals surface area contributed by atoms with Crippen molar-refractivity contribution in [1.82, 2.24) is 10.2 Å². The van der Waals surface area contributed by atoms with E-state index in [0.29, 0.717) is 28.2 Å². The summed E-state index contributed by atoms with van der Waals surface area (Å²) >= 11 is 1.19. The third-order valence-corrected chi connectivity index (χ3v) is 4.05. The van der Waals surface area contributed by atoms with E-state index in [-0.39, 0.29) is 11.5 Å². The van der Waals surface area contributed by atoms with Crippen LogP contribution in [0.25, 0.3) is 11.5 Å². The van der Waals surface area contributed by atoms with Gasteiger partial charge in [0.05, 0.1) is 30.3 Å². The van der Waals surface area contributed by atoms with Gasteiger partial charge in [-0.05, 0) is 25.1 Å². The van der Waals surface area contributed by atoms with Gasteiger partial charge in [0, 0.05) is 0 Å². The molecule has 0 N–H and O–H groups in total. The molecule has 0 bridgehead atoms. The quantitative estimate of drug-likeness (QED) is 0.504. The number of nitrogens with zero attached hydrogens (tertiary/aromatic N) is 2. The summed E-state index contributed by atoms with van der Waals surface area (Å²) in [6.45, 7) is 1.82. The number of Topliss-reactive ketones (excluding diaryl/α,β-unsaturated/α-hetero) is 1. The standard InChI is InChI=1S/C16H14N2O4S/c1-10-11(7-8-21-10)15-17-18-16(22-15)23-9-13(19)12-5-3-4-6-14(12)20-2/h3-8H,9H2,1-2H3. The number of hydrogen-bond acceptors (Lipinski definition) is 7. The Labute approximate surface area is 136 Å². The largest absolute Gasteiger partial charge is 0.496 e. The number of ether oxygens (including phenoxy) is 1. The highest BCUT2D eigenvalue weighted by Gasteiger charge is 2.16. The van der Waals surface area contributed by atoms with Crippen molar-refractivity contribution in [3.8, 4) is 17.2 Å². The summed E-state index contributed by atoms with van der Waals surface area (Å²) < 4.78 is 15.9. The summed E-state index contributed by atoms with van der Waals surface area (Å²) in [5.74, 6) is 1.76. The normalized spacial score (nSPS) is 10.7. The molecule has 0 amide bonds. The molecule has 0 spiro atoms.